The Labute approximate surface area is 115 Å². The molecule has 104 valence electrons. The SMILES string of the molecule is CC(N)CC(C)NC(=O)C1CCc2ccccc2C1. The minimum absolute atomic E-state index is 0.116. The maximum absolute atomic E-state index is 12.2. The van der Waals surface area contributed by atoms with Gasteiger partial charge in [-0.25, -0.2) is 0 Å². The first kappa shape index (κ1) is 14.1. The van der Waals surface area contributed by atoms with Gasteiger partial charge in [0, 0.05) is 18.0 Å². The van der Waals surface area contributed by atoms with E-state index in [1.807, 2.05) is 13.8 Å². The van der Waals surface area contributed by atoms with Crippen LogP contribution in [0.3, 0.4) is 0 Å². The minimum Gasteiger partial charge on any atom is -0.353 e. The van der Waals surface area contributed by atoms with Gasteiger partial charge in [0.2, 0.25) is 5.91 Å². The Morgan fingerprint density at radius 3 is 2.74 bits per heavy atom. The van der Waals surface area contributed by atoms with E-state index in [-0.39, 0.29) is 23.9 Å². The van der Waals surface area contributed by atoms with Gasteiger partial charge in [0.15, 0.2) is 0 Å². The van der Waals surface area contributed by atoms with Crippen molar-refractivity contribution in [1.29, 1.82) is 0 Å². The van der Waals surface area contributed by atoms with Crippen LogP contribution in [0.4, 0.5) is 0 Å². The molecule has 0 aromatic heterocycles. The molecule has 3 atom stereocenters. The molecule has 0 spiro atoms. The lowest BCUT2D eigenvalue weighted by molar-refractivity contribution is -0.126. The molecule has 0 radical (unpaired) electrons. The van der Waals surface area contributed by atoms with Crippen molar-refractivity contribution in [2.24, 2.45) is 11.7 Å². The van der Waals surface area contributed by atoms with Crippen LogP contribution < -0.4 is 11.1 Å². The molecule has 1 aromatic rings. The summed E-state index contributed by atoms with van der Waals surface area (Å²) < 4.78 is 0. The lowest BCUT2D eigenvalue weighted by Crippen LogP contribution is -2.41. The Bertz CT molecular complexity index is 442. The Morgan fingerprint density at radius 2 is 2.05 bits per heavy atom. The lowest BCUT2D eigenvalue weighted by Gasteiger charge is -2.25. The van der Waals surface area contributed by atoms with Crippen LogP contribution in [0.25, 0.3) is 0 Å². The molecule has 19 heavy (non-hydrogen) atoms. The van der Waals surface area contributed by atoms with E-state index in [0.717, 1.165) is 25.7 Å². The third kappa shape index (κ3) is 3.80. The van der Waals surface area contributed by atoms with Crippen LogP contribution in [0.1, 0.15) is 37.8 Å². The van der Waals surface area contributed by atoms with Crippen molar-refractivity contribution in [3.63, 3.8) is 0 Å². The highest BCUT2D eigenvalue weighted by Crippen LogP contribution is 2.25. The molecule has 3 N–H and O–H groups in total. The molecule has 2 rings (SSSR count). The van der Waals surface area contributed by atoms with Gasteiger partial charge in [-0.05, 0) is 50.7 Å². The third-order valence-electron chi connectivity index (χ3n) is 3.83. The summed E-state index contributed by atoms with van der Waals surface area (Å²) in [5.41, 5.74) is 8.49. The fourth-order valence-corrected chi connectivity index (χ4v) is 2.90. The molecular formula is C16H24N2O. The molecule has 0 saturated carbocycles. The number of rotatable bonds is 4. The number of benzene rings is 1. The summed E-state index contributed by atoms with van der Waals surface area (Å²) in [6.45, 7) is 4.00. The van der Waals surface area contributed by atoms with Crippen molar-refractivity contribution >= 4 is 5.91 Å². The number of nitrogens with one attached hydrogen (secondary N) is 1. The number of carbonyl (C=O) groups excluding carboxylic acids is 1. The average Bonchev–Trinajstić information content (AvgIpc) is 2.37. The van der Waals surface area contributed by atoms with Gasteiger partial charge in [-0.15, -0.1) is 0 Å². The first-order valence-corrected chi connectivity index (χ1v) is 7.19. The van der Waals surface area contributed by atoms with Gasteiger partial charge in [-0.3, -0.25) is 4.79 Å². The maximum atomic E-state index is 12.2. The molecule has 1 amide bonds. The largest absolute Gasteiger partial charge is 0.353 e. The van der Waals surface area contributed by atoms with Crippen LogP contribution in [0.15, 0.2) is 24.3 Å². The van der Waals surface area contributed by atoms with Crippen molar-refractivity contribution in [3.05, 3.63) is 35.4 Å². The van der Waals surface area contributed by atoms with Crippen LogP contribution in [0, 0.1) is 5.92 Å². The predicted molar refractivity (Wildman–Crippen MR) is 77.8 cm³/mol. The minimum atomic E-state index is 0.116. The number of nitrogens with two attached hydrogens (primary N) is 1. The summed E-state index contributed by atoms with van der Waals surface area (Å²) in [4.78, 5) is 12.2. The zero-order valence-electron chi connectivity index (χ0n) is 11.9. The van der Waals surface area contributed by atoms with Crippen LogP contribution in [-0.4, -0.2) is 18.0 Å². The van der Waals surface area contributed by atoms with Crippen molar-refractivity contribution in [2.45, 2.75) is 51.6 Å². The molecule has 0 fully saturated rings. The summed E-state index contributed by atoms with van der Waals surface area (Å²) >= 11 is 0. The standard InChI is InChI=1S/C16H24N2O/c1-11(17)9-12(2)18-16(19)15-8-7-13-5-3-4-6-14(13)10-15/h3-6,11-12,15H,7-10,17H2,1-2H3,(H,18,19). The Kier molecular flexibility index (Phi) is 4.59. The van der Waals surface area contributed by atoms with Crippen LogP contribution in [-0.2, 0) is 17.6 Å². The van der Waals surface area contributed by atoms with E-state index in [1.165, 1.54) is 11.1 Å². The molecule has 1 aliphatic rings. The first-order valence-electron chi connectivity index (χ1n) is 7.19. The topological polar surface area (TPSA) is 55.1 Å². The maximum Gasteiger partial charge on any atom is 0.223 e. The zero-order valence-corrected chi connectivity index (χ0v) is 11.9. The van der Waals surface area contributed by atoms with Crippen molar-refractivity contribution in [3.8, 4) is 0 Å². The average molecular weight is 260 g/mol. The van der Waals surface area contributed by atoms with E-state index in [2.05, 4.69) is 29.6 Å². The number of aryl methyl sites for hydroxylation is 1. The summed E-state index contributed by atoms with van der Waals surface area (Å²) in [6.07, 6.45) is 3.66. The molecule has 3 heteroatoms. The second-order valence-electron chi connectivity index (χ2n) is 5.83. The van der Waals surface area contributed by atoms with Gasteiger partial charge in [-0.1, -0.05) is 24.3 Å². The molecule has 0 saturated heterocycles. The van der Waals surface area contributed by atoms with E-state index < -0.39 is 0 Å². The number of hydrogen-bond donors (Lipinski definition) is 2. The Morgan fingerprint density at radius 1 is 1.37 bits per heavy atom. The summed E-state index contributed by atoms with van der Waals surface area (Å²) in [7, 11) is 0. The molecule has 0 bridgehead atoms. The van der Waals surface area contributed by atoms with Gasteiger partial charge in [-0.2, -0.15) is 0 Å². The number of fused-ring (bicyclic) bond motifs is 1. The predicted octanol–water partition coefficient (Wildman–Crippen LogP) is 2.03. The lowest BCUT2D eigenvalue weighted by atomic mass is 9.83. The fraction of sp³-hybridized carbons (Fsp3) is 0.562. The van der Waals surface area contributed by atoms with Gasteiger partial charge >= 0.3 is 0 Å². The Balaban J connectivity index is 1.92. The van der Waals surface area contributed by atoms with Crippen molar-refractivity contribution < 1.29 is 4.79 Å². The monoisotopic (exact) mass is 260 g/mol. The van der Waals surface area contributed by atoms with Gasteiger partial charge in [0.05, 0.1) is 0 Å². The van der Waals surface area contributed by atoms with E-state index >= 15 is 0 Å². The molecule has 3 unspecified atom stereocenters. The molecular weight excluding hydrogens is 236 g/mol. The highest BCUT2D eigenvalue weighted by molar-refractivity contribution is 5.79. The molecule has 3 nitrogen and oxygen atoms in total. The van der Waals surface area contributed by atoms with E-state index in [1.54, 1.807) is 0 Å². The van der Waals surface area contributed by atoms with E-state index in [4.69, 9.17) is 5.73 Å². The summed E-state index contributed by atoms with van der Waals surface area (Å²) in [5, 5.41) is 3.09. The Hall–Kier alpha value is -1.35. The van der Waals surface area contributed by atoms with E-state index in [9.17, 15) is 4.79 Å². The highest BCUT2D eigenvalue weighted by Gasteiger charge is 2.25. The highest BCUT2D eigenvalue weighted by atomic mass is 16.1. The van der Waals surface area contributed by atoms with Crippen LogP contribution >= 0.6 is 0 Å². The smallest absolute Gasteiger partial charge is 0.223 e. The second kappa shape index (κ2) is 6.20. The van der Waals surface area contributed by atoms with Crippen molar-refractivity contribution in [2.75, 3.05) is 0 Å². The number of amides is 1. The fourth-order valence-electron chi connectivity index (χ4n) is 2.90. The van der Waals surface area contributed by atoms with E-state index in [0.29, 0.717) is 0 Å². The molecule has 0 heterocycles. The van der Waals surface area contributed by atoms with Gasteiger partial charge < -0.3 is 11.1 Å². The third-order valence-corrected chi connectivity index (χ3v) is 3.83. The molecule has 0 aliphatic heterocycles. The number of carbonyl (C=O) groups is 1. The molecule has 1 aromatic carbocycles. The normalized spacial score (nSPS) is 21.3. The zero-order chi connectivity index (χ0) is 13.8. The number of hydrogen-bond acceptors (Lipinski definition) is 2. The van der Waals surface area contributed by atoms with Crippen molar-refractivity contribution in [1.82, 2.24) is 5.32 Å². The quantitative estimate of drug-likeness (QED) is 0.870. The van der Waals surface area contributed by atoms with Crippen LogP contribution in [0.2, 0.25) is 0 Å². The second-order valence-corrected chi connectivity index (χ2v) is 5.83. The summed E-state index contributed by atoms with van der Waals surface area (Å²) in [6, 6.07) is 8.72. The molecule has 1 aliphatic carbocycles. The first-order chi connectivity index (χ1) is 9.06. The van der Waals surface area contributed by atoms with Gasteiger partial charge in [0.1, 0.15) is 0 Å². The van der Waals surface area contributed by atoms with Gasteiger partial charge in [0.25, 0.3) is 0 Å². The van der Waals surface area contributed by atoms with Crippen LogP contribution in [0.5, 0.6) is 0 Å². The summed E-state index contributed by atoms with van der Waals surface area (Å²) in [5.74, 6) is 0.299.